The number of esters is 1. The molecule has 0 radical (unpaired) electrons. The van der Waals surface area contributed by atoms with Crippen LogP contribution in [-0.4, -0.2) is 29.6 Å². The van der Waals surface area contributed by atoms with E-state index in [2.05, 4.69) is 5.32 Å². The topological polar surface area (TPSA) is 92.7 Å². The second-order valence-corrected chi connectivity index (χ2v) is 6.81. The second kappa shape index (κ2) is 7.61. The molecule has 2 unspecified atom stereocenters. The molecule has 2 N–H and O–H groups in total. The van der Waals surface area contributed by atoms with Gasteiger partial charge < -0.3 is 15.2 Å². The highest BCUT2D eigenvalue weighted by Crippen LogP contribution is 2.35. The number of carbonyl (C=O) groups is 3. The minimum absolute atomic E-state index is 0.245. The van der Waals surface area contributed by atoms with E-state index in [0.717, 1.165) is 11.1 Å². The van der Waals surface area contributed by atoms with Crippen molar-refractivity contribution in [3.63, 3.8) is 0 Å². The van der Waals surface area contributed by atoms with Crippen molar-refractivity contribution >= 4 is 34.2 Å². The quantitative estimate of drug-likeness (QED) is 0.627. The molecular formula is C17H21NO5S. The maximum atomic E-state index is 12.6. The maximum Gasteiger partial charge on any atom is 0.341 e. The van der Waals surface area contributed by atoms with Gasteiger partial charge in [0.1, 0.15) is 5.00 Å². The number of anilines is 1. The number of thiophene rings is 1. The molecule has 0 aromatic carbocycles. The van der Waals surface area contributed by atoms with E-state index in [9.17, 15) is 19.5 Å². The molecule has 7 heteroatoms. The number of carbonyl (C=O) groups excluding carboxylic acids is 2. The summed E-state index contributed by atoms with van der Waals surface area (Å²) in [5.74, 6) is -3.25. The van der Waals surface area contributed by atoms with Crippen LogP contribution in [0.15, 0.2) is 22.6 Å². The van der Waals surface area contributed by atoms with Crippen LogP contribution in [0.5, 0.6) is 0 Å². The Bertz CT molecular complexity index is 691. The summed E-state index contributed by atoms with van der Waals surface area (Å²) in [4.78, 5) is 36.0. The van der Waals surface area contributed by atoms with Crippen LogP contribution < -0.4 is 5.32 Å². The lowest BCUT2D eigenvalue weighted by Crippen LogP contribution is -2.36. The molecule has 0 spiro atoms. The van der Waals surface area contributed by atoms with Crippen LogP contribution in [0, 0.1) is 11.8 Å². The molecule has 1 aliphatic rings. The predicted molar refractivity (Wildman–Crippen MR) is 91.1 cm³/mol. The summed E-state index contributed by atoms with van der Waals surface area (Å²) in [6, 6.07) is 1.59. The maximum absolute atomic E-state index is 12.6. The summed E-state index contributed by atoms with van der Waals surface area (Å²) in [6.07, 6.45) is 0.781. The molecule has 130 valence electrons. The van der Waals surface area contributed by atoms with Crippen molar-refractivity contribution in [3.05, 3.63) is 28.2 Å². The highest BCUT2D eigenvalue weighted by molar-refractivity contribution is 7.14. The van der Waals surface area contributed by atoms with Gasteiger partial charge in [-0.25, -0.2) is 4.79 Å². The first kappa shape index (κ1) is 18.2. The Morgan fingerprint density at radius 2 is 1.88 bits per heavy atom. The van der Waals surface area contributed by atoms with Gasteiger partial charge in [0.05, 0.1) is 24.0 Å². The van der Waals surface area contributed by atoms with Crippen LogP contribution in [0.4, 0.5) is 5.00 Å². The van der Waals surface area contributed by atoms with E-state index < -0.39 is 23.8 Å². The van der Waals surface area contributed by atoms with Crippen LogP contribution in [0.2, 0.25) is 0 Å². The number of aliphatic carboxylic acids is 1. The molecular weight excluding hydrogens is 330 g/mol. The summed E-state index contributed by atoms with van der Waals surface area (Å²) in [5.41, 5.74) is 2.36. The highest BCUT2D eigenvalue weighted by Gasteiger charge is 2.37. The first-order chi connectivity index (χ1) is 11.3. The van der Waals surface area contributed by atoms with Crippen LogP contribution in [0.25, 0.3) is 0 Å². The largest absolute Gasteiger partial charge is 0.481 e. The molecule has 0 fully saturated rings. The van der Waals surface area contributed by atoms with Crippen LogP contribution in [-0.2, 0) is 14.3 Å². The lowest BCUT2D eigenvalue weighted by atomic mass is 9.76. The Hall–Kier alpha value is -2.15. The van der Waals surface area contributed by atoms with E-state index in [4.69, 9.17) is 4.74 Å². The zero-order valence-electron chi connectivity index (χ0n) is 13.9. The van der Waals surface area contributed by atoms with E-state index in [1.807, 2.05) is 13.8 Å². The fourth-order valence-electron chi connectivity index (χ4n) is 2.81. The third kappa shape index (κ3) is 3.84. The fraction of sp³-hybridized carbons (Fsp3) is 0.471. The number of amides is 1. The highest BCUT2D eigenvalue weighted by atomic mass is 32.1. The Kier molecular flexibility index (Phi) is 5.77. The van der Waals surface area contributed by atoms with Gasteiger partial charge in [-0.1, -0.05) is 11.1 Å². The van der Waals surface area contributed by atoms with Gasteiger partial charge in [0.2, 0.25) is 5.91 Å². The molecule has 6 nitrogen and oxygen atoms in total. The predicted octanol–water partition coefficient (Wildman–Crippen LogP) is 3.31. The Labute approximate surface area is 144 Å². The molecule has 24 heavy (non-hydrogen) atoms. The Balaban J connectivity index is 2.19. The molecule has 1 aromatic rings. The minimum atomic E-state index is -0.973. The van der Waals surface area contributed by atoms with Gasteiger partial charge in [-0.05, 0) is 45.1 Å². The van der Waals surface area contributed by atoms with Crippen molar-refractivity contribution in [2.75, 3.05) is 11.9 Å². The molecule has 1 aliphatic carbocycles. The molecule has 0 saturated carbocycles. The Morgan fingerprint density at radius 3 is 2.46 bits per heavy atom. The number of hydrogen-bond donors (Lipinski definition) is 2. The molecule has 2 rings (SSSR count). The zero-order valence-corrected chi connectivity index (χ0v) is 14.7. The average molecular weight is 351 g/mol. The smallest absolute Gasteiger partial charge is 0.341 e. The van der Waals surface area contributed by atoms with E-state index in [-0.39, 0.29) is 12.5 Å². The van der Waals surface area contributed by atoms with Crippen molar-refractivity contribution in [1.82, 2.24) is 0 Å². The van der Waals surface area contributed by atoms with Gasteiger partial charge in [0.25, 0.3) is 0 Å². The van der Waals surface area contributed by atoms with E-state index in [1.165, 1.54) is 11.3 Å². The SMILES string of the molecule is CCOC(=O)c1ccsc1NC(=O)C1CC(C)=C(C)CC1C(=O)O. The van der Waals surface area contributed by atoms with Crippen LogP contribution in [0.1, 0.15) is 44.0 Å². The summed E-state index contributed by atoms with van der Waals surface area (Å²) < 4.78 is 4.96. The van der Waals surface area contributed by atoms with Crippen molar-refractivity contribution in [2.45, 2.75) is 33.6 Å². The fourth-order valence-corrected chi connectivity index (χ4v) is 3.59. The average Bonchev–Trinajstić information content (AvgIpc) is 2.97. The van der Waals surface area contributed by atoms with Gasteiger partial charge in [0, 0.05) is 0 Å². The van der Waals surface area contributed by atoms with E-state index in [1.54, 1.807) is 18.4 Å². The molecule has 0 bridgehead atoms. The lowest BCUT2D eigenvalue weighted by Gasteiger charge is -2.29. The van der Waals surface area contributed by atoms with Crippen molar-refractivity contribution in [1.29, 1.82) is 0 Å². The number of allylic oxidation sites excluding steroid dienone is 2. The zero-order chi connectivity index (χ0) is 17.9. The summed E-state index contributed by atoms with van der Waals surface area (Å²) >= 11 is 1.21. The van der Waals surface area contributed by atoms with Crippen LogP contribution in [0.3, 0.4) is 0 Å². The van der Waals surface area contributed by atoms with Crippen LogP contribution >= 0.6 is 11.3 Å². The number of carboxylic acids is 1. The molecule has 0 saturated heterocycles. The number of carboxylic acid groups (broad SMARTS) is 1. The first-order valence-electron chi connectivity index (χ1n) is 7.78. The van der Waals surface area contributed by atoms with Gasteiger partial charge in [-0.2, -0.15) is 0 Å². The third-order valence-electron chi connectivity index (χ3n) is 4.32. The number of nitrogens with one attached hydrogen (secondary N) is 1. The summed E-state index contributed by atoms with van der Waals surface area (Å²) in [7, 11) is 0. The lowest BCUT2D eigenvalue weighted by molar-refractivity contribution is -0.146. The van der Waals surface area contributed by atoms with Gasteiger partial charge >= 0.3 is 11.9 Å². The minimum Gasteiger partial charge on any atom is -0.481 e. The van der Waals surface area contributed by atoms with Gasteiger partial charge in [0.15, 0.2) is 0 Å². The first-order valence-corrected chi connectivity index (χ1v) is 8.66. The molecule has 2 atom stereocenters. The molecule has 0 aliphatic heterocycles. The number of hydrogen-bond acceptors (Lipinski definition) is 5. The Morgan fingerprint density at radius 1 is 1.25 bits per heavy atom. The molecule has 1 amide bonds. The standard InChI is InChI=1S/C17H21NO5S/c1-4-23-17(22)11-5-6-24-15(11)18-14(19)12-7-9(2)10(3)8-13(12)16(20)21/h5-6,12-13H,4,7-8H2,1-3H3,(H,18,19)(H,20,21). The van der Waals surface area contributed by atoms with E-state index >= 15 is 0 Å². The van der Waals surface area contributed by atoms with E-state index in [0.29, 0.717) is 23.4 Å². The second-order valence-electron chi connectivity index (χ2n) is 5.89. The molecule has 1 heterocycles. The van der Waals surface area contributed by atoms with Gasteiger partial charge in [-0.15, -0.1) is 11.3 Å². The monoisotopic (exact) mass is 351 g/mol. The van der Waals surface area contributed by atoms with Gasteiger partial charge in [-0.3, -0.25) is 9.59 Å². The number of rotatable bonds is 5. The van der Waals surface area contributed by atoms with Crippen molar-refractivity contribution in [2.24, 2.45) is 11.8 Å². The van der Waals surface area contributed by atoms with Crippen molar-refractivity contribution < 1.29 is 24.2 Å². The third-order valence-corrected chi connectivity index (χ3v) is 5.15. The van der Waals surface area contributed by atoms with Crippen molar-refractivity contribution in [3.8, 4) is 0 Å². The number of ether oxygens (including phenoxy) is 1. The molecule has 1 aromatic heterocycles. The normalized spacial score (nSPS) is 20.6. The summed E-state index contributed by atoms with van der Waals surface area (Å²) in [5, 5.41) is 14.2. The summed E-state index contributed by atoms with van der Waals surface area (Å²) in [6.45, 7) is 5.77.